The van der Waals surface area contributed by atoms with Crippen molar-refractivity contribution in [1.29, 1.82) is 0 Å². The zero-order valence-electron chi connectivity index (χ0n) is 17.9. The number of benzene rings is 2. The molecule has 1 N–H and O–H groups in total. The summed E-state index contributed by atoms with van der Waals surface area (Å²) in [5, 5.41) is 3.35. The molecule has 0 saturated heterocycles. The van der Waals surface area contributed by atoms with E-state index in [1.54, 1.807) is 14.0 Å². The highest BCUT2D eigenvalue weighted by Crippen LogP contribution is 2.35. The summed E-state index contributed by atoms with van der Waals surface area (Å²) < 4.78 is 23.9. The van der Waals surface area contributed by atoms with E-state index in [2.05, 4.69) is 15.3 Å². The number of aromatic nitrogens is 2. The minimum atomic E-state index is -0.476. The van der Waals surface area contributed by atoms with Gasteiger partial charge in [-0.15, -0.1) is 0 Å². The van der Waals surface area contributed by atoms with E-state index in [-0.39, 0.29) is 12.4 Å². The Morgan fingerprint density at radius 1 is 1.06 bits per heavy atom. The maximum atomic E-state index is 13.2. The Labute approximate surface area is 181 Å². The molecule has 0 aliphatic rings. The van der Waals surface area contributed by atoms with E-state index >= 15 is 0 Å². The van der Waals surface area contributed by atoms with Crippen LogP contribution in [-0.4, -0.2) is 36.2 Å². The standard InChI is InChI=1S/C24H26FN3O3/c1-4-26-13-18-12-17(24-27-14-19(25)15-28-24)7-8-20(18)21-10-16(6-9-22(21)30-3)11-23(29)31-5-2/h6-10,12,14-15,26H,4-5,11,13H2,1-3H3. The first kappa shape index (κ1) is 22.4. The van der Waals surface area contributed by atoms with Crippen molar-refractivity contribution in [2.45, 2.75) is 26.8 Å². The number of hydrogen-bond acceptors (Lipinski definition) is 6. The molecule has 0 bridgehead atoms. The van der Waals surface area contributed by atoms with E-state index < -0.39 is 5.82 Å². The number of ether oxygens (including phenoxy) is 2. The van der Waals surface area contributed by atoms with Crippen LogP contribution in [0.3, 0.4) is 0 Å². The van der Waals surface area contributed by atoms with Crippen molar-refractivity contribution >= 4 is 5.97 Å². The SMILES string of the molecule is CCNCc1cc(-c2ncc(F)cn2)ccc1-c1cc(CC(=O)OCC)ccc1OC. The van der Waals surface area contributed by atoms with Crippen molar-refractivity contribution < 1.29 is 18.7 Å². The summed E-state index contributed by atoms with van der Waals surface area (Å²) in [7, 11) is 1.62. The lowest BCUT2D eigenvalue weighted by molar-refractivity contribution is -0.142. The van der Waals surface area contributed by atoms with Gasteiger partial charge in [0.05, 0.1) is 32.5 Å². The second-order valence-corrected chi connectivity index (χ2v) is 6.89. The summed E-state index contributed by atoms with van der Waals surface area (Å²) in [6.45, 7) is 5.59. The van der Waals surface area contributed by atoms with E-state index in [1.807, 2.05) is 43.3 Å². The molecule has 0 spiro atoms. The molecule has 1 heterocycles. The number of esters is 1. The molecule has 2 aromatic carbocycles. The number of nitrogens with zero attached hydrogens (tertiary/aromatic N) is 2. The topological polar surface area (TPSA) is 73.3 Å². The van der Waals surface area contributed by atoms with Gasteiger partial charge in [-0.25, -0.2) is 14.4 Å². The van der Waals surface area contributed by atoms with Crippen molar-refractivity contribution in [3.63, 3.8) is 0 Å². The Balaban J connectivity index is 2.05. The lowest BCUT2D eigenvalue weighted by Gasteiger charge is -2.16. The second-order valence-electron chi connectivity index (χ2n) is 6.89. The molecule has 0 fully saturated rings. The summed E-state index contributed by atoms with van der Waals surface area (Å²) in [6.07, 6.45) is 2.50. The van der Waals surface area contributed by atoms with E-state index in [0.717, 1.165) is 46.8 Å². The first-order valence-corrected chi connectivity index (χ1v) is 10.2. The minimum Gasteiger partial charge on any atom is -0.496 e. The van der Waals surface area contributed by atoms with Crippen molar-refractivity contribution in [2.24, 2.45) is 0 Å². The molecule has 3 aromatic rings. The number of nitrogens with one attached hydrogen (secondary N) is 1. The molecule has 0 aliphatic carbocycles. The molecule has 162 valence electrons. The first-order valence-electron chi connectivity index (χ1n) is 10.2. The maximum absolute atomic E-state index is 13.2. The van der Waals surface area contributed by atoms with Crippen LogP contribution in [-0.2, 0) is 22.5 Å². The highest BCUT2D eigenvalue weighted by Gasteiger charge is 2.15. The van der Waals surface area contributed by atoms with E-state index in [0.29, 0.717) is 24.7 Å². The van der Waals surface area contributed by atoms with Crippen LogP contribution < -0.4 is 10.1 Å². The van der Waals surface area contributed by atoms with Crippen molar-refractivity contribution in [3.05, 3.63) is 65.7 Å². The summed E-state index contributed by atoms with van der Waals surface area (Å²) in [6, 6.07) is 11.5. The van der Waals surface area contributed by atoms with Crippen LogP contribution in [0.2, 0.25) is 0 Å². The average Bonchev–Trinajstić information content (AvgIpc) is 2.78. The van der Waals surface area contributed by atoms with Gasteiger partial charge in [-0.05, 0) is 48.4 Å². The van der Waals surface area contributed by atoms with E-state index in [1.165, 1.54) is 0 Å². The molecular formula is C24H26FN3O3. The smallest absolute Gasteiger partial charge is 0.310 e. The maximum Gasteiger partial charge on any atom is 0.310 e. The summed E-state index contributed by atoms with van der Waals surface area (Å²) in [4.78, 5) is 20.1. The molecule has 0 saturated carbocycles. The number of carbonyl (C=O) groups excluding carboxylic acids is 1. The first-order chi connectivity index (χ1) is 15.0. The van der Waals surface area contributed by atoms with Crippen LogP contribution in [0.15, 0.2) is 48.8 Å². The largest absolute Gasteiger partial charge is 0.496 e. The fourth-order valence-corrected chi connectivity index (χ4v) is 3.32. The molecule has 0 aliphatic heterocycles. The zero-order valence-corrected chi connectivity index (χ0v) is 17.9. The molecule has 6 nitrogen and oxygen atoms in total. The molecule has 0 amide bonds. The van der Waals surface area contributed by atoms with Gasteiger partial charge in [0, 0.05) is 17.7 Å². The van der Waals surface area contributed by atoms with Gasteiger partial charge in [-0.3, -0.25) is 4.79 Å². The predicted molar refractivity (Wildman–Crippen MR) is 117 cm³/mol. The van der Waals surface area contributed by atoms with Gasteiger partial charge >= 0.3 is 5.97 Å². The van der Waals surface area contributed by atoms with Gasteiger partial charge in [-0.1, -0.05) is 25.1 Å². The van der Waals surface area contributed by atoms with Crippen LogP contribution in [0.5, 0.6) is 5.75 Å². The van der Waals surface area contributed by atoms with Gasteiger partial charge in [0.1, 0.15) is 5.75 Å². The Kier molecular flexibility index (Phi) is 7.67. The van der Waals surface area contributed by atoms with Gasteiger partial charge in [-0.2, -0.15) is 0 Å². The molecule has 1 aromatic heterocycles. The molecule has 0 unspecified atom stereocenters. The highest BCUT2D eigenvalue weighted by molar-refractivity contribution is 5.79. The third kappa shape index (κ3) is 5.64. The number of carbonyl (C=O) groups is 1. The fourth-order valence-electron chi connectivity index (χ4n) is 3.32. The van der Waals surface area contributed by atoms with Gasteiger partial charge in [0.25, 0.3) is 0 Å². The Morgan fingerprint density at radius 3 is 2.52 bits per heavy atom. The van der Waals surface area contributed by atoms with E-state index in [4.69, 9.17) is 9.47 Å². The summed E-state index contributed by atoms with van der Waals surface area (Å²) >= 11 is 0. The van der Waals surface area contributed by atoms with Gasteiger partial charge in [0.2, 0.25) is 0 Å². The highest BCUT2D eigenvalue weighted by atomic mass is 19.1. The molecule has 31 heavy (non-hydrogen) atoms. The Bertz CT molecular complexity index is 1040. The van der Waals surface area contributed by atoms with Crippen LogP contribution >= 0.6 is 0 Å². The quantitative estimate of drug-likeness (QED) is 0.521. The zero-order chi connectivity index (χ0) is 22.2. The summed E-state index contributed by atoms with van der Waals surface area (Å²) in [5.74, 6) is 0.413. The molecule has 0 radical (unpaired) electrons. The van der Waals surface area contributed by atoms with Crippen molar-refractivity contribution in [3.8, 4) is 28.3 Å². The third-order valence-electron chi connectivity index (χ3n) is 4.76. The lowest BCUT2D eigenvalue weighted by atomic mass is 9.94. The van der Waals surface area contributed by atoms with Gasteiger partial charge in [0.15, 0.2) is 11.6 Å². The molecule has 0 atom stereocenters. The van der Waals surface area contributed by atoms with Crippen molar-refractivity contribution in [2.75, 3.05) is 20.3 Å². The van der Waals surface area contributed by atoms with Crippen LogP contribution in [0.4, 0.5) is 4.39 Å². The third-order valence-corrected chi connectivity index (χ3v) is 4.76. The number of halogens is 1. The van der Waals surface area contributed by atoms with Gasteiger partial charge < -0.3 is 14.8 Å². The van der Waals surface area contributed by atoms with Crippen LogP contribution in [0.25, 0.3) is 22.5 Å². The Hall–Kier alpha value is -3.32. The fraction of sp³-hybridized carbons (Fsp3) is 0.292. The monoisotopic (exact) mass is 423 g/mol. The number of rotatable bonds is 9. The molecular weight excluding hydrogens is 397 g/mol. The molecule has 7 heteroatoms. The molecule has 3 rings (SSSR count). The van der Waals surface area contributed by atoms with Crippen LogP contribution in [0.1, 0.15) is 25.0 Å². The van der Waals surface area contributed by atoms with Crippen LogP contribution in [0, 0.1) is 5.82 Å². The second kappa shape index (κ2) is 10.6. The summed E-state index contributed by atoms with van der Waals surface area (Å²) in [5.41, 5.74) is 4.49. The normalized spacial score (nSPS) is 10.7. The average molecular weight is 423 g/mol. The van der Waals surface area contributed by atoms with Crippen molar-refractivity contribution in [1.82, 2.24) is 15.3 Å². The minimum absolute atomic E-state index is 0.189. The lowest BCUT2D eigenvalue weighted by Crippen LogP contribution is -2.13. The Morgan fingerprint density at radius 2 is 1.84 bits per heavy atom. The predicted octanol–water partition coefficient (Wildman–Crippen LogP) is 4.17. The number of methoxy groups -OCH3 is 1. The van der Waals surface area contributed by atoms with E-state index in [9.17, 15) is 9.18 Å². The number of hydrogen-bond donors (Lipinski definition) is 1.